The van der Waals surface area contributed by atoms with E-state index in [0.29, 0.717) is 16.8 Å². The molecule has 4 rings (SSSR count). The first kappa shape index (κ1) is 16.7. The molecule has 0 aromatic heterocycles. The molecule has 1 atom stereocenters. The summed E-state index contributed by atoms with van der Waals surface area (Å²) in [6, 6.07) is 12.8. The molecule has 2 aliphatic rings. The van der Waals surface area contributed by atoms with Crippen LogP contribution in [0.5, 0.6) is 0 Å². The third-order valence-electron chi connectivity index (χ3n) is 4.42. The van der Waals surface area contributed by atoms with Gasteiger partial charge < -0.3 is 10.1 Å². The average molecular weight is 366 g/mol. The van der Waals surface area contributed by atoms with Crippen molar-refractivity contribution in [1.29, 1.82) is 0 Å². The summed E-state index contributed by atoms with van der Waals surface area (Å²) >= 11 is 0. The lowest BCUT2D eigenvalue weighted by molar-refractivity contribution is -0.384. The van der Waals surface area contributed by atoms with E-state index in [4.69, 9.17) is 4.74 Å². The van der Waals surface area contributed by atoms with Crippen LogP contribution >= 0.6 is 0 Å². The summed E-state index contributed by atoms with van der Waals surface area (Å²) < 4.78 is 5.91. The Hall–Kier alpha value is -3.75. The van der Waals surface area contributed by atoms with Gasteiger partial charge >= 0.3 is 5.72 Å². The van der Waals surface area contributed by atoms with Crippen LogP contribution in [-0.2, 0) is 26.5 Å². The Morgan fingerprint density at radius 3 is 2.63 bits per heavy atom. The normalized spacial score (nSPS) is 20.1. The molecule has 0 saturated carbocycles. The third-order valence-corrected chi connectivity index (χ3v) is 4.42. The number of hydrazone groups is 1. The second kappa shape index (κ2) is 5.90. The van der Waals surface area contributed by atoms with Crippen LogP contribution in [0.2, 0.25) is 0 Å². The lowest BCUT2D eigenvalue weighted by atomic mass is 10.0. The van der Waals surface area contributed by atoms with Crippen molar-refractivity contribution in [3.05, 3.63) is 69.8 Å². The highest BCUT2D eigenvalue weighted by molar-refractivity contribution is 6.08. The number of nitro groups is 1. The fourth-order valence-electron chi connectivity index (χ4n) is 3.22. The lowest BCUT2D eigenvalue weighted by Gasteiger charge is -2.28. The summed E-state index contributed by atoms with van der Waals surface area (Å²) in [5.74, 6) is -0.771. The molecular weight excluding hydrogens is 352 g/mol. The molecule has 136 valence electrons. The summed E-state index contributed by atoms with van der Waals surface area (Å²) in [6.45, 7) is 1.30. The first-order valence-corrected chi connectivity index (χ1v) is 8.13. The molecule has 1 N–H and O–H groups in total. The maximum absolute atomic E-state index is 12.7. The van der Waals surface area contributed by atoms with Crippen molar-refractivity contribution in [2.75, 3.05) is 5.32 Å². The maximum atomic E-state index is 12.7. The van der Waals surface area contributed by atoms with Gasteiger partial charge in [0, 0.05) is 19.1 Å². The third kappa shape index (κ3) is 2.51. The van der Waals surface area contributed by atoms with E-state index < -0.39 is 22.5 Å². The minimum absolute atomic E-state index is 0.0287. The number of anilines is 1. The molecule has 0 bridgehead atoms. The molecular formula is C18H14N4O5. The number of nitrogens with zero attached hydrogens (tertiary/aromatic N) is 3. The van der Waals surface area contributed by atoms with Gasteiger partial charge in [0.25, 0.3) is 11.6 Å². The first-order chi connectivity index (χ1) is 12.9. The van der Waals surface area contributed by atoms with Gasteiger partial charge in [-0.25, -0.2) is 0 Å². The van der Waals surface area contributed by atoms with Crippen molar-refractivity contribution < 1.29 is 19.2 Å². The number of nitro benzene ring substituents is 1. The highest BCUT2D eigenvalue weighted by atomic mass is 16.6. The zero-order valence-corrected chi connectivity index (χ0v) is 14.2. The number of amides is 2. The lowest BCUT2D eigenvalue weighted by Crippen LogP contribution is -2.49. The van der Waals surface area contributed by atoms with Crippen LogP contribution in [0, 0.1) is 10.1 Å². The second-order valence-corrected chi connectivity index (χ2v) is 6.17. The van der Waals surface area contributed by atoms with Gasteiger partial charge in [0.15, 0.2) is 0 Å². The summed E-state index contributed by atoms with van der Waals surface area (Å²) in [5, 5.41) is 18.7. The van der Waals surface area contributed by atoms with Crippen molar-refractivity contribution in [3.63, 3.8) is 0 Å². The number of ether oxygens (including phenoxy) is 1. The van der Waals surface area contributed by atoms with E-state index in [2.05, 4.69) is 10.4 Å². The molecule has 0 fully saturated rings. The number of para-hydroxylation sites is 1. The van der Waals surface area contributed by atoms with E-state index in [1.807, 2.05) is 0 Å². The number of benzene rings is 2. The van der Waals surface area contributed by atoms with Gasteiger partial charge in [-0.3, -0.25) is 19.7 Å². The Kier molecular flexibility index (Phi) is 3.65. The molecule has 2 aromatic carbocycles. The first-order valence-electron chi connectivity index (χ1n) is 8.13. The predicted octanol–water partition coefficient (Wildman–Crippen LogP) is 2.13. The Morgan fingerprint density at radius 2 is 1.96 bits per heavy atom. The molecule has 2 amide bonds. The van der Waals surface area contributed by atoms with Gasteiger partial charge in [0.05, 0.1) is 22.6 Å². The van der Waals surface area contributed by atoms with E-state index in [1.54, 1.807) is 36.4 Å². The monoisotopic (exact) mass is 366 g/mol. The number of hydrogen-bond donors (Lipinski definition) is 1. The number of non-ortho nitro benzene ring substituents is 1. The molecule has 2 aliphatic heterocycles. The highest BCUT2D eigenvalue weighted by Crippen LogP contribution is 2.44. The largest absolute Gasteiger partial charge is 0.437 e. The highest BCUT2D eigenvalue weighted by Gasteiger charge is 2.59. The Balaban J connectivity index is 1.67. The molecule has 1 spiro atoms. The standard InChI is InChI=1S/C18H14N4O5/c1-11(23)21-18(14-4-2-3-5-15(14)19-17(18)24)27-16(20-21)10-12-6-8-13(9-7-12)22(25)26/h2-9H,10H2,1H3,(H,19,24). The molecule has 2 heterocycles. The number of carbonyl (C=O) groups is 2. The fraction of sp³-hybridized carbons (Fsp3) is 0.167. The SMILES string of the molecule is CC(=O)N1N=C(Cc2ccc([N+](=O)[O-])cc2)OC12C(=O)Nc1ccccc12. The summed E-state index contributed by atoms with van der Waals surface area (Å²) in [5.41, 5.74) is 0.0668. The predicted molar refractivity (Wildman–Crippen MR) is 94.6 cm³/mol. The van der Waals surface area contributed by atoms with E-state index in [-0.39, 0.29) is 18.0 Å². The number of fused-ring (bicyclic) bond motifs is 2. The van der Waals surface area contributed by atoms with Crippen LogP contribution in [-0.4, -0.2) is 27.6 Å². The molecule has 0 saturated heterocycles. The fourth-order valence-corrected chi connectivity index (χ4v) is 3.22. The van der Waals surface area contributed by atoms with Gasteiger partial charge in [0.2, 0.25) is 11.8 Å². The van der Waals surface area contributed by atoms with Gasteiger partial charge in [0.1, 0.15) is 0 Å². The molecule has 0 aliphatic carbocycles. The van der Waals surface area contributed by atoms with Crippen LogP contribution < -0.4 is 5.32 Å². The number of rotatable bonds is 3. The van der Waals surface area contributed by atoms with Crippen molar-refractivity contribution in [2.45, 2.75) is 19.1 Å². The number of nitrogens with one attached hydrogen (secondary N) is 1. The van der Waals surface area contributed by atoms with Crippen LogP contribution in [0.1, 0.15) is 18.1 Å². The van der Waals surface area contributed by atoms with E-state index in [0.717, 1.165) is 5.01 Å². The quantitative estimate of drug-likeness (QED) is 0.660. The summed E-state index contributed by atoms with van der Waals surface area (Å²) in [6.07, 6.45) is 0.180. The topological polar surface area (TPSA) is 114 Å². The second-order valence-electron chi connectivity index (χ2n) is 6.17. The van der Waals surface area contributed by atoms with Gasteiger partial charge in [-0.15, -0.1) is 5.10 Å². The summed E-state index contributed by atoms with van der Waals surface area (Å²) in [4.78, 5) is 35.2. The zero-order valence-electron chi connectivity index (χ0n) is 14.2. The van der Waals surface area contributed by atoms with Crippen LogP contribution in [0.15, 0.2) is 53.6 Å². The van der Waals surface area contributed by atoms with Gasteiger partial charge in [-0.1, -0.05) is 30.3 Å². The molecule has 9 nitrogen and oxygen atoms in total. The Morgan fingerprint density at radius 1 is 1.26 bits per heavy atom. The van der Waals surface area contributed by atoms with E-state index in [1.165, 1.54) is 19.1 Å². The Labute approximate surface area is 153 Å². The van der Waals surface area contributed by atoms with Crippen molar-refractivity contribution in [3.8, 4) is 0 Å². The number of hydrogen-bond acceptors (Lipinski definition) is 6. The molecule has 1 unspecified atom stereocenters. The van der Waals surface area contributed by atoms with Gasteiger partial charge in [-0.2, -0.15) is 5.01 Å². The maximum Gasteiger partial charge on any atom is 0.313 e. The van der Waals surface area contributed by atoms with Crippen LogP contribution in [0.3, 0.4) is 0 Å². The van der Waals surface area contributed by atoms with E-state index in [9.17, 15) is 19.7 Å². The van der Waals surface area contributed by atoms with E-state index >= 15 is 0 Å². The molecule has 27 heavy (non-hydrogen) atoms. The van der Waals surface area contributed by atoms with Crippen molar-refractivity contribution in [1.82, 2.24) is 5.01 Å². The van der Waals surface area contributed by atoms with Gasteiger partial charge in [-0.05, 0) is 11.6 Å². The molecule has 2 aromatic rings. The summed E-state index contributed by atoms with van der Waals surface area (Å²) in [7, 11) is 0. The smallest absolute Gasteiger partial charge is 0.313 e. The van der Waals surface area contributed by atoms with Crippen molar-refractivity contribution in [2.24, 2.45) is 5.10 Å². The number of carbonyl (C=O) groups excluding carboxylic acids is 2. The zero-order chi connectivity index (χ0) is 19.2. The molecule has 9 heteroatoms. The van der Waals surface area contributed by atoms with Crippen molar-refractivity contribution >= 4 is 29.1 Å². The van der Waals surface area contributed by atoms with Crippen LogP contribution in [0.4, 0.5) is 11.4 Å². The van der Waals surface area contributed by atoms with Crippen LogP contribution in [0.25, 0.3) is 0 Å². The molecule has 0 radical (unpaired) electrons. The minimum Gasteiger partial charge on any atom is -0.437 e. The minimum atomic E-state index is -1.67. The average Bonchev–Trinajstić information content (AvgIpc) is 3.15. The Bertz CT molecular complexity index is 1000.